The Morgan fingerprint density at radius 1 is 1.40 bits per heavy atom. The third kappa shape index (κ3) is 4.75. The van der Waals surface area contributed by atoms with Crippen molar-refractivity contribution in [1.29, 1.82) is 0 Å². The number of hydrogen-bond acceptors (Lipinski definition) is 6. The summed E-state index contributed by atoms with van der Waals surface area (Å²) in [5.41, 5.74) is 1.19. The molecule has 1 aliphatic rings. The summed E-state index contributed by atoms with van der Waals surface area (Å²) in [6.45, 7) is 3.01. The molecule has 1 saturated heterocycles. The van der Waals surface area contributed by atoms with Crippen LogP contribution in [0.25, 0.3) is 10.6 Å². The van der Waals surface area contributed by atoms with E-state index >= 15 is 0 Å². The number of carbonyl (C=O) groups excluding carboxylic acids is 1. The van der Waals surface area contributed by atoms with E-state index in [0.29, 0.717) is 16.7 Å². The molecule has 2 heterocycles. The molecule has 2 unspecified atom stereocenters. The topological polar surface area (TPSA) is 97.2 Å². The van der Waals surface area contributed by atoms with Crippen molar-refractivity contribution in [3.8, 4) is 10.6 Å². The Hall–Kier alpha value is -2.03. The van der Waals surface area contributed by atoms with Gasteiger partial charge in [-0.15, -0.1) is 23.7 Å². The molecule has 3 rings (SSSR count). The van der Waals surface area contributed by atoms with Crippen LogP contribution in [0.4, 0.5) is 5.69 Å². The van der Waals surface area contributed by atoms with Gasteiger partial charge in [0.15, 0.2) is 0 Å². The van der Waals surface area contributed by atoms with Gasteiger partial charge in [0.05, 0.1) is 4.92 Å². The zero-order chi connectivity index (χ0) is 17.1. The fourth-order valence-electron chi connectivity index (χ4n) is 2.76. The Labute approximate surface area is 155 Å². The van der Waals surface area contributed by atoms with Crippen LogP contribution in [-0.2, 0) is 0 Å². The second-order valence-electron chi connectivity index (χ2n) is 5.89. The summed E-state index contributed by atoms with van der Waals surface area (Å²) in [5, 5.41) is 19.5. The van der Waals surface area contributed by atoms with Crippen LogP contribution in [-0.4, -0.2) is 34.4 Å². The SMILES string of the molecule is CC1CC(NC(=O)c2csc(-c3ccc([N+](=O)[O-])cc3)n2)CCN1.Cl. The number of rotatable bonds is 4. The third-order valence-corrected chi connectivity index (χ3v) is 4.91. The number of benzene rings is 1. The van der Waals surface area contributed by atoms with Crippen LogP contribution >= 0.6 is 23.7 Å². The fraction of sp³-hybridized carbons (Fsp3) is 0.375. The van der Waals surface area contributed by atoms with Gasteiger partial charge in [0, 0.05) is 35.2 Å². The molecule has 1 fully saturated rings. The van der Waals surface area contributed by atoms with Crippen molar-refractivity contribution in [2.24, 2.45) is 0 Å². The van der Waals surface area contributed by atoms with Crippen LogP contribution in [0.1, 0.15) is 30.3 Å². The second-order valence-corrected chi connectivity index (χ2v) is 6.75. The lowest BCUT2D eigenvalue weighted by atomic mass is 10.0. The molecule has 1 aliphatic heterocycles. The van der Waals surface area contributed by atoms with Crippen molar-refractivity contribution < 1.29 is 9.72 Å². The number of nitro groups is 1. The van der Waals surface area contributed by atoms with Crippen LogP contribution in [0, 0.1) is 10.1 Å². The Bertz CT molecular complexity index is 750. The van der Waals surface area contributed by atoms with Crippen LogP contribution < -0.4 is 10.6 Å². The van der Waals surface area contributed by atoms with E-state index in [1.807, 2.05) is 0 Å². The first-order chi connectivity index (χ1) is 11.5. The van der Waals surface area contributed by atoms with Crippen LogP contribution in [0.15, 0.2) is 29.6 Å². The Morgan fingerprint density at radius 2 is 2.12 bits per heavy atom. The van der Waals surface area contributed by atoms with Crippen molar-refractivity contribution in [2.45, 2.75) is 31.8 Å². The molecule has 2 aromatic rings. The first-order valence-corrected chi connectivity index (χ1v) is 8.65. The molecule has 134 valence electrons. The number of thiazole rings is 1. The summed E-state index contributed by atoms with van der Waals surface area (Å²) in [4.78, 5) is 26.9. The van der Waals surface area contributed by atoms with Gasteiger partial charge in [-0.1, -0.05) is 0 Å². The summed E-state index contributed by atoms with van der Waals surface area (Å²) in [6, 6.07) is 6.73. The Kier molecular flexibility index (Phi) is 6.46. The van der Waals surface area contributed by atoms with Gasteiger partial charge in [-0.2, -0.15) is 0 Å². The van der Waals surface area contributed by atoms with Crippen molar-refractivity contribution >= 4 is 35.3 Å². The Morgan fingerprint density at radius 3 is 2.76 bits per heavy atom. The van der Waals surface area contributed by atoms with Gasteiger partial charge in [-0.05, 0) is 38.4 Å². The predicted molar refractivity (Wildman–Crippen MR) is 99.4 cm³/mol. The van der Waals surface area contributed by atoms with Crippen molar-refractivity contribution in [2.75, 3.05) is 6.54 Å². The normalized spacial score (nSPS) is 19.7. The second kappa shape index (κ2) is 8.37. The monoisotopic (exact) mass is 382 g/mol. The molecular weight excluding hydrogens is 364 g/mol. The summed E-state index contributed by atoms with van der Waals surface area (Å²) in [7, 11) is 0. The third-order valence-electron chi connectivity index (χ3n) is 4.02. The number of non-ortho nitro benzene ring substituents is 1. The maximum Gasteiger partial charge on any atom is 0.270 e. The van der Waals surface area contributed by atoms with Crippen LogP contribution in [0.5, 0.6) is 0 Å². The van der Waals surface area contributed by atoms with E-state index in [1.54, 1.807) is 17.5 Å². The number of nitro benzene ring substituents is 1. The number of amides is 1. The zero-order valence-corrected chi connectivity index (χ0v) is 15.2. The lowest BCUT2D eigenvalue weighted by Gasteiger charge is -2.28. The summed E-state index contributed by atoms with van der Waals surface area (Å²) in [6.07, 6.45) is 1.82. The van der Waals surface area contributed by atoms with Gasteiger partial charge in [0.2, 0.25) is 0 Å². The van der Waals surface area contributed by atoms with E-state index in [-0.39, 0.29) is 30.0 Å². The molecule has 1 aromatic heterocycles. The molecule has 9 heteroatoms. The lowest BCUT2D eigenvalue weighted by molar-refractivity contribution is -0.384. The minimum atomic E-state index is -0.440. The quantitative estimate of drug-likeness (QED) is 0.625. The first kappa shape index (κ1) is 19.3. The van der Waals surface area contributed by atoms with Gasteiger partial charge in [0.25, 0.3) is 11.6 Å². The molecule has 0 bridgehead atoms. The number of piperidine rings is 1. The van der Waals surface area contributed by atoms with Gasteiger partial charge < -0.3 is 10.6 Å². The van der Waals surface area contributed by atoms with E-state index in [1.165, 1.54) is 23.5 Å². The Balaban J connectivity index is 0.00000225. The number of carbonyl (C=O) groups is 1. The van der Waals surface area contributed by atoms with Gasteiger partial charge >= 0.3 is 0 Å². The minimum Gasteiger partial charge on any atom is -0.348 e. The average Bonchev–Trinajstić information content (AvgIpc) is 3.05. The zero-order valence-electron chi connectivity index (χ0n) is 13.6. The highest BCUT2D eigenvalue weighted by Crippen LogP contribution is 2.25. The smallest absolute Gasteiger partial charge is 0.270 e. The number of aromatic nitrogens is 1. The van der Waals surface area contributed by atoms with Crippen LogP contribution in [0.3, 0.4) is 0 Å². The van der Waals surface area contributed by atoms with E-state index < -0.39 is 4.92 Å². The molecule has 7 nitrogen and oxygen atoms in total. The molecular formula is C16H19ClN4O3S. The highest BCUT2D eigenvalue weighted by Gasteiger charge is 2.21. The highest BCUT2D eigenvalue weighted by molar-refractivity contribution is 7.13. The fourth-order valence-corrected chi connectivity index (χ4v) is 3.56. The highest BCUT2D eigenvalue weighted by atomic mass is 35.5. The standard InChI is InChI=1S/C16H18N4O3S.ClH/c1-10-8-12(6-7-17-10)18-15(21)14-9-24-16(19-14)11-2-4-13(5-3-11)20(22)23;/h2-5,9-10,12,17H,6-8H2,1H3,(H,18,21);1H. The predicted octanol–water partition coefficient (Wildman–Crippen LogP) is 3.01. The van der Waals surface area contributed by atoms with Gasteiger partial charge in [-0.25, -0.2) is 4.98 Å². The van der Waals surface area contributed by atoms with E-state index in [2.05, 4.69) is 22.5 Å². The van der Waals surface area contributed by atoms with Crippen molar-refractivity contribution in [3.05, 3.63) is 45.5 Å². The maximum absolute atomic E-state index is 12.3. The van der Waals surface area contributed by atoms with E-state index in [0.717, 1.165) is 24.9 Å². The van der Waals surface area contributed by atoms with E-state index in [9.17, 15) is 14.9 Å². The number of nitrogens with one attached hydrogen (secondary N) is 2. The number of hydrogen-bond donors (Lipinski definition) is 2. The molecule has 2 atom stereocenters. The van der Waals surface area contributed by atoms with Crippen molar-refractivity contribution in [1.82, 2.24) is 15.6 Å². The molecule has 2 N–H and O–H groups in total. The number of halogens is 1. The molecule has 0 aliphatic carbocycles. The lowest BCUT2D eigenvalue weighted by Crippen LogP contribution is -2.46. The summed E-state index contributed by atoms with van der Waals surface area (Å²) < 4.78 is 0. The maximum atomic E-state index is 12.3. The first-order valence-electron chi connectivity index (χ1n) is 7.77. The summed E-state index contributed by atoms with van der Waals surface area (Å²) in [5.74, 6) is -0.168. The summed E-state index contributed by atoms with van der Waals surface area (Å²) >= 11 is 1.35. The molecule has 0 saturated carbocycles. The van der Waals surface area contributed by atoms with Crippen LogP contribution in [0.2, 0.25) is 0 Å². The molecule has 25 heavy (non-hydrogen) atoms. The molecule has 1 aromatic carbocycles. The molecule has 0 spiro atoms. The average molecular weight is 383 g/mol. The number of nitrogens with zero attached hydrogens (tertiary/aromatic N) is 2. The van der Waals surface area contributed by atoms with Crippen molar-refractivity contribution in [3.63, 3.8) is 0 Å². The minimum absolute atomic E-state index is 0. The molecule has 0 radical (unpaired) electrons. The van der Waals surface area contributed by atoms with Gasteiger partial charge in [0.1, 0.15) is 10.7 Å². The largest absolute Gasteiger partial charge is 0.348 e. The molecule has 1 amide bonds. The van der Waals surface area contributed by atoms with E-state index in [4.69, 9.17) is 0 Å². The van der Waals surface area contributed by atoms with Gasteiger partial charge in [-0.3, -0.25) is 14.9 Å².